The van der Waals surface area contributed by atoms with Gasteiger partial charge in [0.2, 0.25) is 5.91 Å². The summed E-state index contributed by atoms with van der Waals surface area (Å²) in [6.45, 7) is -1.34. The minimum absolute atomic E-state index is 0.283. The lowest BCUT2D eigenvalue weighted by molar-refractivity contribution is -0.131. The number of aromatic nitrogens is 2. The molecule has 3 heterocycles. The van der Waals surface area contributed by atoms with E-state index in [4.69, 9.17) is 11.0 Å². The monoisotopic (exact) mass is 462 g/mol. The van der Waals surface area contributed by atoms with Crippen molar-refractivity contribution in [1.82, 2.24) is 20.2 Å². The van der Waals surface area contributed by atoms with Crippen molar-refractivity contribution in [1.29, 1.82) is 5.26 Å². The molecule has 3 aromatic rings. The van der Waals surface area contributed by atoms with Gasteiger partial charge in [0.1, 0.15) is 11.9 Å². The largest absolute Gasteiger partial charge is 0.384 e. The summed E-state index contributed by atoms with van der Waals surface area (Å²) in [5.41, 5.74) is 8.11. The highest BCUT2D eigenvalue weighted by molar-refractivity contribution is 6.07. The Kier molecular flexibility index (Phi) is 6.19. The van der Waals surface area contributed by atoms with Crippen molar-refractivity contribution >= 4 is 40.7 Å². The molecule has 0 bridgehead atoms. The van der Waals surface area contributed by atoms with Crippen LogP contribution in [0.1, 0.15) is 27.9 Å². The fourth-order valence-corrected chi connectivity index (χ4v) is 3.72. The highest BCUT2D eigenvalue weighted by Crippen LogP contribution is 2.31. The first-order valence-corrected chi connectivity index (χ1v) is 10.4. The van der Waals surface area contributed by atoms with Gasteiger partial charge in [0.25, 0.3) is 11.8 Å². The number of nitrogens with zero attached hydrogens (tertiary/aromatic N) is 4. The van der Waals surface area contributed by atoms with E-state index in [-0.39, 0.29) is 5.56 Å². The van der Waals surface area contributed by atoms with E-state index in [2.05, 4.69) is 15.3 Å². The summed E-state index contributed by atoms with van der Waals surface area (Å²) in [6, 6.07) is 10.9. The lowest BCUT2D eigenvalue weighted by Gasteiger charge is -2.19. The molecule has 0 spiro atoms. The van der Waals surface area contributed by atoms with Gasteiger partial charge in [-0.1, -0.05) is 18.2 Å². The van der Waals surface area contributed by atoms with Crippen LogP contribution in [0.2, 0.25) is 0 Å². The molecule has 0 aliphatic carbocycles. The van der Waals surface area contributed by atoms with Gasteiger partial charge in [-0.2, -0.15) is 5.26 Å². The minimum atomic E-state index is -3.12. The smallest absolute Gasteiger partial charge is 0.268 e. The van der Waals surface area contributed by atoms with Crippen molar-refractivity contribution in [2.24, 2.45) is 0 Å². The SMILES string of the molecule is N#CC1CC(F)(F)CN1C(=O)CNC(=O)c1ccnc2ccc(/C=C/c3ccc(N)nc3)cc12. The van der Waals surface area contributed by atoms with E-state index in [0.717, 1.165) is 16.0 Å². The van der Waals surface area contributed by atoms with Crippen molar-refractivity contribution in [2.45, 2.75) is 18.4 Å². The normalized spacial score (nSPS) is 17.1. The number of nitriles is 1. The van der Waals surface area contributed by atoms with Gasteiger partial charge in [0.15, 0.2) is 0 Å². The topological polar surface area (TPSA) is 125 Å². The van der Waals surface area contributed by atoms with Crippen LogP contribution in [0.5, 0.6) is 0 Å². The number of pyridine rings is 2. The third-order valence-corrected chi connectivity index (χ3v) is 5.43. The molecule has 1 fully saturated rings. The number of carbonyl (C=O) groups excluding carboxylic acids is 2. The second kappa shape index (κ2) is 9.23. The van der Waals surface area contributed by atoms with Crippen molar-refractivity contribution in [3.8, 4) is 6.07 Å². The fourth-order valence-electron chi connectivity index (χ4n) is 3.72. The number of nitrogen functional groups attached to an aromatic ring is 1. The highest BCUT2D eigenvalue weighted by atomic mass is 19.3. The first-order valence-electron chi connectivity index (χ1n) is 10.4. The zero-order chi connectivity index (χ0) is 24.3. The quantitative estimate of drug-likeness (QED) is 0.601. The van der Waals surface area contributed by atoms with Gasteiger partial charge in [-0.25, -0.2) is 13.8 Å². The summed E-state index contributed by atoms with van der Waals surface area (Å²) in [6.07, 6.45) is 6.10. The molecule has 1 aromatic carbocycles. The van der Waals surface area contributed by atoms with Crippen LogP contribution in [0.25, 0.3) is 23.1 Å². The highest BCUT2D eigenvalue weighted by Gasteiger charge is 2.47. The maximum Gasteiger partial charge on any atom is 0.268 e. The van der Waals surface area contributed by atoms with Crippen LogP contribution in [0.4, 0.5) is 14.6 Å². The van der Waals surface area contributed by atoms with Crippen molar-refractivity contribution in [3.05, 3.63) is 65.5 Å². The predicted molar refractivity (Wildman–Crippen MR) is 122 cm³/mol. The Hall–Kier alpha value is -4.39. The second-order valence-electron chi connectivity index (χ2n) is 7.89. The summed E-state index contributed by atoms with van der Waals surface area (Å²) < 4.78 is 27.2. The lowest BCUT2D eigenvalue weighted by Crippen LogP contribution is -2.43. The Bertz CT molecular complexity index is 1320. The number of likely N-dealkylation sites (tertiary alicyclic amines) is 1. The third kappa shape index (κ3) is 4.99. The van der Waals surface area contributed by atoms with Gasteiger partial charge in [-0.3, -0.25) is 14.6 Å². The number of rotatable bonds is 5. The molecule has 1 atom stereocenters. The zero-order valence-electron chi connectivity index (χ0n) is 17.9. The second-order valence-corrected chi connectivity index (χ2v) is 7.89. The minimum Gasteiger partial charge on any atom is -0.384 e. The van der Waals surface area contributed by atoms with Crippen LogP contribution in [-0.2, 0) is 4.79 Å². The first kappa shape index (κ1) is 22.8. The third-order valence-electron chi connectivity index (χ3n) is 5.43. The van der Waals surface area contributed by atoms with Crippen LogP contribution >= 0.6 is 0 Å². The summed E-state index contributed by atoms with van der Waals surface area (Å²) in [4.78, 5) is 34.3. The van der Waals surface area contributed by atoms with Crippen LogP contribution < -0.4 is 11.1 Å². The van der Waals surface area contributed by atoms with Gasteiger partial charge in [0, 0.05) is 24.2 Å². The van der Waals surface area contributed by atoms with Crippen LogP contribution in [-0.4, -0.2) is 51.7 Å². The molecule has 8 nitrogen and oxygen atoms in total. The summed E-state index contributed by atoms with van der Waals surface area (Å²) in [5.74, 6) is -3.99. The summed E-state index contributed by atoms with van der Waals surface area (Å²) in [7, 11) is 0. The number of anilines is 1. The standard InChI is InChI=1S/C24H20F2N6O2/c25-24(26)10-17(11-27)32(14-24)22(33)13-31-23(34)18-7-8-29-20-5-3-15(9-19(18)20)1-2-16-4-6-21(28)30-12-16/h1-9,12,17H,10,13-14H2,(H2,28,30)(H,31,34)/b2-1+. The summed E-state index contributed by atoms with van der Waals surface area (Å²) >= 11 is 0. The van der Waals surface area contributed by atoms with Gasteiger partial charge in [-0.05, 0) is 41.5 Å². The average Bonchev–Trinajstić information content (AvgIpc) is 3.16. The molecule has 0 saturated carbocycles. The predicted octanol–water partition coefficient (Wildman–Crippen LogP) is 2.87. The van der Waals surface area contributed by atoms with E-state index in [0.29, 0.717) is 16.7 Å². The van der Waals surface area contributed by atoms with E-state index in [1.165, 1.54) is 12.3 Å². The molecule has 34 heavy (non-hydrogen) atoms. The number of carbonyl (C=O) groups is 2. The fraction of sp³-hybridized carbons (Fsp3) is 0.208. The number of nitrogens with two attached hydrogens (primary N) is 1. The lowest BCUT2D eigenvalue weighted by atomic mass is 10.0. The Labute approximate surface area is 193 Å². The maximum absolute atomic E-state index is 13.6. The maximum atomic E-state index is 13.6. The first-order chi connectivity index (χ1) is 16.3. The van der Waals surface area contributed by atoms with Gasteiger partial charge in [-0.15, -0.1) is 0 Å². The molecule has 1 aliphatic rings. The molecule has 1 unspecified atom stereocenters. The molecule has 2 aromatic heterocycles. The number of alkyl halides is 2. The van der Waals surface area contributed by atoms with E-state index in [9.17, 15) is 18.4 Å². The number of halogens is 2. The van der Waals surface area contributed by atoms with Crippen LogP contribution in [0.15, 0.2) is 48.8 Å². The van der Waals surface area contributed by atoms with E-state index in [1.54, 1.807) is 30.5 Å². The van der Waals surface area contributed by atoms with Crippen molar-refractivity contribution < 1.29 is 18.4 Å². The number of benzene rings is 1. The van der Waals surface area contributed by atoms with Gasteiger partial charge < -0.3 is 16.0 Å². The molecule has 10 heteroatoms. The molecule has 1 aliphatic heterocycles. The van der Waals surface area contributed by atoms with E-state index in [1.807, 2.05) is 24.3 Å². The molecule has 4 rings (SSSR count). The van der Waals surface area contributed by atoms with Crippen LogP contribution in [0.3, 0.4) is 0 Å². The van der Waals surface area contributed by atoms with E-state index >= 15 is 0 Å². The molecule has 0 radical (unpaired) electrons. The molecule has 2 amide bonds. The Morgan fingerprint density at radius 3 is 2.71 bits per heavy atom. The number of nitrogens with one attached hydrogen (secondary N) is 1. The van der Waals surface area contributed by atoms with Gasteiger partial charge in [0.05, 0.1) is 30.2 Å². The molecule has 3 N–H and O–H groups in total. The van der Waals surface area contributed by atoms with E-state index < -0.39 is 43.3 Å². The average molecular weight is 462 g/mol. The number of amides is 2. The van der Waals surface area contributed by atoms with Crippen LogP contribution in [0, 0.1) is 11.3 Å². The molecular weight excluding hydrogens is 442 g/mol. The number of fused-ring (bicyclic) bond motifs is 1. The Balaban J connectivity index is 1.50. The molecule has 172 valence electrons. The number of hydrogen-bond acceptors (Lipinski definition) is 6. The van der Waals surface area contributed by atoms with Crippen molar-refractivity contribution in [3.63, 3.8) is 0 Å². The summed E-state index contributed by atoms with van der Waals surface area (Å²) in [5, 5.41) is 12.1. The Morgan fingerprint density at radius 2 is 1.97 bits per heavy atom. The molecular formula is C24H20F2N6O2. The number of hydrogen-bond donors (Lipinski definition) is 2. The zero-order valence-corrected chi connectivity index (χ0v) is 17.9. The Morgan fingerprint density at radius 1 is 1.21 bits per heavy atom. The van der Waals surface area contributed by atoms with Gasteiger partial charge >= 0.3 is 0 Å². The molecule has 1 saturated heterocycles. The van der Waals surface area contributed by atoms with Crippen molar-refractivity contribution in [2.75, 3.05) is 18.8 Å².